The summed E-state index contributed by atoms with van der Waals surface area (Å²) in [5.74, 6) is 2.22. The zero-order valence-electron chi connectivity index (χ0n) is 8.70. The van der Waals surface area contributed by atoms with Crippen molar-refractivity contribution in [3.05, 3.63) is 0 Å². The zero-order chi connectivity index (χ0) is 9.05. The molecule has 1 atom stereocenters. The third kappa shape index (κ3) is 1.65. The summed E-state index contributed by atoms with van der Waals surface area (Å²) in [6.45, 7) is 0. The molecule has 1 unspecified atom stereocenters. The van der Waals surface area contributed by atoms with Gasteiger partial charge in [-0.1, -0.05) is 0 Å². The van der Waals surface area contributed by atoms with Crippen LogP contribution in [-0.4, -0.2) is 13.5 Å². The summed E-state index contributed by atoms with van der Waals surface area (Å²) >= 11 is -1.82. The fourth-order valence-corrected chi connectivity index (χ4v) is 5.35. The Balaban J connectivity index is 0.000000750. The first kappa shape index (κ1) is 11.6. The summed E-state index contributed by atoms with van der Waals surface area (Å²) in [4.78, 5) is 0. The Morgan fingerprint density at radius 3 is 1.64 bits per heavy atom. The van der Waals surface area contributed by atoms with Gasteiger partial charge in [0.2, 0.25) is 0 Å². The van der Waals surface area contributed by atoms with Crippen LogP contribution in [0.5, 0.6) is 0 Å². The van der Waals surface area contributed by atoms with E-state index in [4.69, 9.17) is 0 Å². The van der Waals surface area contributed by atoms with Crippen molar-refractivity contribution in [1.29, 1.82) is 0 Å². The molecule has 4 rings (SSSR count). The molecule has 0 saturated heterocycles. The standard InChI is InChI=1S/C10H16O2S.Na/c11-13(12)10-4-7-1-8(5-10)3-9(2-7)6-10;/h7-9H,1-6H2,(H,11,12);/q;+1/p-1. The predicted octanol–water partition coefficient (Wildman–Crippen LogP) is -1.16. The number of hydrogen-bond acceptors (Lipinski definition) is 2. The first-order valence-electron chi connectivity index (χ1n) is 5.27. The van der Waals surface area contributed by atoms with Gasteiger partial charge in [-0.25, -0.2) is 0 Å². The predicted molar refractivity (Wildman–Crippen MR) is 49.8 cm³/mol. The largest absolute Gasteiger partial charge is 1.00 e. The Morgan fingerprint density at radius 1 is 1.00 bits per heavy atom. The Labute approximate surface area is 110 Å². The van der Waals surface area contributed by atoms with Crippen LogP contribution in [0.3, 0.4) is 0 Å². The summed E-state index contributed by atoms with van der Waals surface area (Å²) in [5, 5.41) is 0. The van der Waals surface area contributed by atoms with E-state index in [1.807, 2.05) is 0 Å². The summed E-state index contributed by atoms with van der Waals surface area (Å²) < 4.78 is 22.2. The van der Waals surface area contributed by atoms with Gasteiger partial charge in [0.15, 0.2) is 0 Å². The fraction of sp³-hybridized carbons (Fsp3) is 1.00. The van der Waals surface area contributed by atoms with Crippen LogP contribution in [0.4, 0.5) is 0 Å². The second kappa shape index (κ2) is 3.85. The van der Waals surface area contributed by atoms with Gasteiger partial charge in [0.25, 0.3) is 0 Å². The summed E-state index contributed by atoms with van der Waals surface area (Å²) in [7, 11) is 0. The second-order valence-electron chi connectivity index (χ2n) is 5.34. The monoisotopic (exact) mass is 222 g/mol. The van der Waals surface area contributed by atoms with Crippen molar-refractivity contribution in [3.63, 3.8) is 0 Å². The molecule has 4 aliphatic rings. The molecule has 4 fully saturated rings. The molecule has 0 spiro atoms. The molecular formula is C10H15NaO2S. The van der Waals surface area contributed by atoms with Crippen molar-refractivity contribution in [3.8, 4) is 0 Å². The van der Waals surface area contributed by atoms with Crippen molar-refractivity contribution >= 4 is 11.1 Å². The Hall–Kier alpha value is 1.11. The molecule has 74 valence electrons. The van der Waals surface area contributed by atoms with E-state index < -0.39 is 11.1 Å². The molecule has 0 amide bonds. The van der Waals surface area contributed by atoms with Crippen LogP contribution < -0.4 is 29.6 Å². The first-order valence-corrected chi connectivity index (χ1v) is 6.35. The Morgan fingerprint density at radius 2 is 1.36 bits per heavy atom. The quantitative estimate of drug-likeness (QED) is 0.415. The van der Waals surface area contributed by atoms with Crippen molar-refractivity contribution in [2.45, 2.75) is 43.3 Å². The summed E-state index contributed by atoms with van der Waals surface area (Å²) in [6, 6.07) is 0. The minimum Gasteiger partial charge on any atom is -0.772 e. The van der Waals surface area contributed by atoms with E-state index in [0.717, 1.165) is 37.0 Å². The van der Waals surface area contributed by atoms with Crippen LogP contribution in [0.2, 0.25) is 0 Å². The van der Waals surface area contributed by atoms with Crippen molar-refractivity contribution in [1.82, 2.24) is 0 Å². The van der Waals surface area contributed by atoms with Crippen LogP contribution in [0.25, 0.3) is 0 Å². The number of hydrogen-bond donors (Lipinski definition) is 0. The van der Waals surface area contributed by atoms with Gasteiger partial charge in [0.05, 0.1) is 0 Å². The third-order valence-electron chi connectivity index (χ3n) is 4.34. The average molecular weight is 222 g/mol. The smallest absolute Gasteiger partial charge is 0.772 e. The van der Waals surface area contributed by atoms with Crippen molar-refractivity contribution in [2.24, 2.45) is 17.8 Å². The van der Waals surface area contributed by atoms with Gasteiger partial charge < -0.3 is 4.55 Å². The minimum absolute atomic E-state index is 0. The molecule has 0 heterocycles. The van der Waals surface area contributed by atoms with Gasteiger partial charge >= 0.3 is 29.6 Å². The molecular weight excluding hydrogens is 207 g/mol. The molecule has 4 saturated carbocycles. The van der Waals surface area contributed by atoms with Crippen LogP contribution in [0.15, 0.2) is 0 Å². The van der Waals surface area contributed by atoms with Gasteiger partial charge in [0, 0.05) is 4.75 Å². The van der Waals surface area contributed by atoms with Crippen LogP contribution >= 0.6 is 0 Å². The van der Waals surface area contributed by atoms with Crippen molar-refractivity contribution in [2.75, 3.05) is 0 Å². The van der Waals surface area contributed by atoms with Crippen molar-refractivity contribution < 1.29 is 38.3 Å². The maximum atomic E-state index is 11.3. The maximum Gasteiger partial charge on any atom is 1.00 e. The Bertz CT molecular complexity index is 232. The molecule has 0 aromatic heterocycles. The van der Waals surface area contributed by atoms with Crippen LogP contribution in [0.1, 0.15) is 38.5 Å². The molecule has 2 nitrogen and oxygen atoms in total. The molecule has 0 aromatic carbocycles. The third-order valence-corrected chi connectivity index (χ3v) is 5.54. The van der Waals surface area contributed by atoms with Crippen LogP contribution in [-0.2, 0) is 11.1 Å². The van der Waals surface area contributed by atoms with E-state index in [0.29, 0.717) is 0 Å². The topological polar surface area (TPSA) is 40.1 Å². The first-order chi connectivity index (χ1) is 6.18. The molecule has 0 N–H and O–H groups in total. The van der Waals surface area contributed by atoms with Gasteiger partial charge in [-0.3, -0.25) is 4.21 Å². The molecule has 4 aliphatic carbocycles. The van der Waals surface area contributed by atoms with E-state index >= 15 is 0 Å². The van der Waals surface area contributed by atoms with E-state index in [1.54, 1.807) is 0 Å². The summed E-state index contributed by atoms with van der Waals surface area (Å²) in [5.41, 5.74) is 0. The Kier molecular flexibility index (Phi) is 3.18. The number of rotatable bonds is 1. The maximum absolute atomic E-state index is 11.3. The molecule has 0 radical (unpaired) electrons. The molecule has 0 aromatic rings. The molecule has 4 bridgehead atoms. The molecule has 4 heteroatoms. The summed E-state index contributed by atoms with van der Waals surface area (Å²) in [6.07, 6.45) is 6.85. The SMILES string of the molecule is O=S([O-])C12CC3CC(CC(C3)C1)C2.[Na+]. The normalized spacial score (nSPS) is 51.4. The average Bonchev–Trinajstić information content (AvgIpc) is 2.00. The van der Waals surface area contributed by atoms with E-state index in [1.165, 1.54) is 19.3 Å². The van der Waals surface area contributed by atoms with Crippen LogP contribution in [0, 0.1) is 17.8 Å². The molecule has 14 heavy (non-hydrogen) atoms. The van der Waals surface area contributed by atoms with Gasteiger partial charge in [-0.15, -0.1) is 0 Å². The van der Waals surface area contributed by atoms with E-state index in [9.17, 15) is 8.76 Å². The molecule has 0 aliphatic heterocycles. The van der Waals surface area contributed by atoms with E-state index in [-0.39, 0.29) is 34.3 Å². The minimum atomic E-state index is -1.82. The van der Waals surface area contributed by atoms with Gasteiger partial charge in [0.1, 0.15) is 0 Å². The fourth-order valence-electron chi connectivity index (χ4n) is 4.24. The van der Waals surface area contributed by atoms with Gasteiger partial charge in [-0.2, -0.15) is 0 Å². The second-order valence-corrected chi connectivity index (χ2v) is 6.67. The van der Waals surface area contributed by atoms with Gasteiger partial charge in [-0.05, 0) is 67.4 Å². The zero-order valence-corrected chi connectivity index (χ0v) is 11.5. The van der Waals surface area contributed by atoms with E-state index in [2.05, 4.69) is 0 Å².